The second-order valence-corrected chi connectivity index (χ2v) is 9.63. The summed E-state index contributed by atoms with van der Waals surface area (Å²) in [6.07, 6.45) is 2.06. The SMILES string of the molecule is Cc1cc[n+](C)c(-c2c(C)ccc3c2oc2c(-c4ccc(-c5ccccc5)c(C)c4)c(F)ccc23)c1. The maximum Gasteiger partial charge on any atom is 0.216 e. The number of hydrogen-bond donors (Lipinski definition) is 0. The van der Waals surface area contributed by atoms with Gasteiger partial charge >= 0.3 is 0 Å². The fourth-order valence-corrected chi connectivity index (χ4v) is 5.25. The molecule has 2 aromatic heterocycles. The van der Waals surface area contributed by atoms with E-state index in [2.05, 4.69) is 80.1 Å². The summed E-state index contributed by atoms with van der Waals surface area (Å²) in [5.41, 5.74) is 10.5. The summed E-state index contributed by atoms with van der Waals surface area (Å²) in [5.74, 6) is -0.284. The van der Waals surface area contributed by atoms with Crippen LogP contribution in [0.1, 0.15) is 16.7 Å². The standard InChI is InChI=1S/C33H27FNO/c1-20-16-17-35(4)29(18-20)30-21(2)10-12-26-27-14-15-28(34)31(33(27)36-32(26)30)24-11-13-25(22(3)19-24)23-8-6-5-7-9-23/h5-19H,1-4H3/q+1. The van der Waals surface area contributed by atoms with Crippen molar-refractivity contribution in [3.05, 3.63) is 114 Å². The smallest absolute Gasteiger partial charge is 0.216 e. The van der Waals surface area contributed by atoms with Crippen molar-refractivity contribution in [1.29, 1.82) is 0 Å². The number of pyridine rings is 1. The van der Waals surface area contributed by atoms with E-state index in [-0.39, 0.29) is 5.82 Å². The first-order valence-corrected chi connectivity index (χ1v) is 12.2. The van der Waals surface area contributed by atoms with Crippen molar-refractivity contribution in [2.45, 2.75) is 20.8 Å². The number of aromatic nitrogens is 1. The molecule has 2 heterocycles. The molecule has 3 heteroatoms. The highest BCUT2D eigenvalue weighted by Gasteiger charge is 2.23. The molecule has 0 bridgehead atoms. The van der Waals surface area contributed by atoms with Gasteiger partial charge < -0.3 is 4.42 Å². The zero-order chi connectivity index (χ0) is 25.0. The van der Waals surface area contributed by atoms with Gasteiger partial charge in [-0.25, -0.2) is 8.96 Å². The molecule has 6 rings (SSSR count). The molecule has 2 nitrogen and oxygen atoms in total. The monoisotopic (exact) mass is 472 g/mol. The first-order valence-electron chi connectivity index (χ1n) is 12.2. The molecule has 0 N–H and O–H groups in total. The van der Waals surface area contributed by atoms with E-state index >= 15 is 4.39 Å². The molecule has 0 fully saturated rings. The van der Waals surface area contributed by atoms with Crippen LogP contribution in [0, 0.1) is 26.6 Å². The third kappa shape index (κ3) is 3.51. The zero-order valence-electron chi connectivity index (χ0n) is 20.9. The third-order valence-electron chi connectivity index (χ3n) is 7.13. The van der Waals surface area contributed by atoms with Crippen molar-refractivity contribution in [1.82, 2.24) is 0 Å². The summed E-state index contributed by atoms with van der Waals surface area (Å²) >= 11 is 0. The average Bonchev–Trinajstić information content (AvgIpc) is 3.24. The van der Waals surface area contributed by atoms with E-state index in [1.165, 1.54) is 5.56 Å². The number of nitrogens with zero attached hydrogens (tertiary/aromatic N) is 1. The molecular weight excluding hydrogens is 445 g/mol. The first-order chi connectivity index (χ1) is 17.4. The lowest BCUT2D eigenvalue weighted by molar-refractivity contribution is -0.660. The minimum atomic E-state index is -0.284. The van der Waals surface area contributed by atoms with Crippen molar-refractivity contribution in [2.75, 3.05) is 0 Å². The lowest BCUT2D eigenvalue weighted by atomic mass is 9.94. The summed E-state index contributed by atoms with van der Waals surface area (Å²) in [4.78, 5) is 0. The van der Waals surface area contributed by atoms with Gasteiger partial charge in [-0.3, -0.25) is 0 Å². The van der Waals surface area contributed by atoms with E-state index in [0.29, 0.717) is 11.1 Å². The molecule has 0 aliphatic carbocycles. The molecule has 176 valence electrons. The molecule has 4 aromatic carbocycles. The Balaban J connectivity index is 1.61. The summed E-state index contributed by atoms with van der Waals surface area (Å²) < 4.78 is 24.1. The Morgan fingerprint density at radius 3 is 2.14 bits per heavy atom. The Morgan fingerprint density at radius 2 is 1.39 bits per heavy atom. The van der Waals surface area contributed by atoms with Gasteiger partial charge in [-0.2, -0.15) is 0 Å². The summed E-state index contributed by atoms with van der Waals surface area (Å²) in [5, 5.41) is 1.91. The van der Waals surface area contributed by atoms with Crippen LogP contribution in [0.2, 0.25) is 0 Å². The van der Waals surface area contributed by atoms with E-state index in [1.54, 1.807) is 6.07 Å². The molecule has 0 aliphatic heterocycles. The number of benzene rings is 4. The second-order valence-electron chi connectivity index (χ2n) is 9.63. The van der Waals surface area contributed by atoms with Crippen molar-refractivity contribution in [3.63, 3.8) is 0 Å². The summed E-state index contributed by atoms with van der Waals surface area (Å²) in [6, 6.07) is 28.2. The number of rotatable bonds is 3. The number of furan rings is 1. The lowest BCUT2D eigenvalue weighted by Crippen LogP contribution is -2.30. The number of fused-ring (bicyclic) bond motifs is 3. The minimum Gasteiger partial charge on any atom is -0.454 e. The van der Waals surface area contributed by atoms with Crippen LogP contribution in [0.5, 0.6) is 0 Å². The maximum absolute atomic E-state index is 15.4. The average molecular weight is 473 g/mol. The van der Waals surface area contributed by atoms with Crippen LogP contribution in [-0.4, -0.2) is 0 Å². The highest BCUT2D eigenvalue weighted by atomic mass is 19.1. The van der Waals surface area contributed by atoms with Gasteiger partial charge in [0.05, 0.1) is 11.1 Å². The predicted octanol–water partition coefficient (Wildman–Crippen LogP) is 8.48. The Morgan fingerprint density at radius 1 is 0.667 bits per heavy atom. The largest absolute Gasteiger partial charge is 0.454 e. The Hall–Kier alpha value is -4.24. The van der Waals surface area contributed by atoms with Crippen LogP contribution < -0.4 is 4.57 Å². The second kappa shape index (κ2) is 8.46. The van der Waals surface area contributed by atoms with Gasteiger partial charge in [0, 0.05) is 22.9 Å². The normalized spacial score (nSPS) is 11.5. The highest BCUT2D eigenvalue weighted by molar-refractivity contribution is 6.13. The van der Waals surface area contributed by atoms with Crippen molar-refractivity contribution in [2.24, 2.45) is 7.05 Å². The van der Waals surface area contributed by atoms with E-state index in [0.717, 1.165) is 55.4 Å². The van der Waals surface area contributed by atoms with Crippen molar-refractivity contribution >= 4 is 21.9 Å². The number of hydrogen-bond acceptors (Lipinski definition) is 1. The van der Waals surface area contributed by atoms with Crippen molar-refractivity contribution < 1.29 is 13.4 Å². The topological polar surface area (TPSA) is 17.0 Å². The predicted molar refractivity (Wildman–Crippen MR) is 145 cm³/mol. The van der Waals surface area contributed by atoms with Crippen LogP contribution in [0.15, 0.2) is 95.5 Å². The van der Waals surface area contributed by atoms with Gasteiger partial charge in [0.1, 0.15) is 24.0 Å². The molecule has 0 radical (unpaired) electrons. The molecule has 0 spiro atoms. The van der Waals surface area contributed by atoms with Crippen LogP contribution in [0.25, 0.3) is 55.4 Å². The third-order valence-corrected chi connectivity index (χ3v) is 7.13. The molecule has 0 saturated heterocycles. The highest BCUT2D eigenvalue weighted by Crippen LogP contribution is 2.42. The molecule has 36 heavy (non-hydrogen) atoms. The lowest BCUT2D eigenvalue weighted by Gasteiger charge is -2.10. The van der Waals surface area contributed by atoms with Crippen LogP contribution in [0.4, 0.5) is 4.39 Å². The van der Waals surface area contributed by atoms with Crippen LogP contribution >= 0.6 is 0 Å². The molecule has 0 aliphatic rings. The first kappa shape index (κ1) is 22.2. The van der Waals surface area contributed by atoms with E-state index in [1.807, 2.05) is 37.4 Å². The fourth-order valence-electron chi connectivity index (χ4n) is 5.25. The fraction of sp³-hybridized carbons (Fsp3) is 0.121. The van der Waals surface area contributed by atoms with E-state index in [9.17, 15) is 0 Å². The Bertz CT molecular complexity index is 1780. The Kier molecular flexibility index (Phi) is 5.22. The number of aryl methyl sites for hydroxylation is 4. The van der Waals surface area contributed by atoms with Crippen molar-refractivity contribution in [3.8, 4) is 33.5 Å². The molecule has 0 amide bonds. The van der Waals surface area contributed by atoms with Gasteiger partial charge in [0.2, 0.25) is 5.69 Å². The Labute approximate surface area is 210 Å². The molecule has 6 aromatic rings. The molecule has 0 unspecified atom stereocenters. The molecule has 0 atom stereocenters. The van der Waals surface area contributed by atoms with Gasteiger partial charge in [-0.05, 0) is 66.3 Å². The minimum absolute atomic E-state index is 0.284. The van der Waals surface area contributed by atoms with E-state index < -0.39 is 0 Å². The number of halogens is 1. The zero-order valence-corrected chi connectivity index (χ0v) is 20.9. The quantitative estimate of drug-likeness (QED) is 0.236. The van der Waals surface area contributed by atoms with Gasteiger partial charge in [-0.1, -0.05) is 60.7 Å². The summed E-state index contributed by atoms with van der Waals surface area (Å²) in [7, 11) is 2.04. The van der Waals surface area contributed by atoms with Crippen LogP contribution in [-0.2, 0) is 7.05 Å². The van der Waals surface area contributed by atoms with Gasteiger partial charge in [-0.15, -0.1) is 0 Å². The maximum atomic E-state index is 15.4. The molecule has 0 saturated carbocycles. The van der Waals surface area contributed by atoms with Crippen LogP contribution in [0.3, 0.4) is 0 Å². The van der Waals surface area contributed by atoms with E-state index in [4.69, 9.17) is 4.42 Å². The summed E-state index contributed by atoms with van der Waals surface area (Å²) in [6.45, 7) is 6.26. The van der Waals surface area contributed by atoms with Gasteiger partial charge in [0.15, 0.2) is 6.20 Å². The molecular formula is C33H27FNO+. The van der Waals surface area contributed by atoms with Gasteiger partial charge in [0.25, 0.3) is 0 Å².